The quantitative estimate of drug-likeness (QED) is 0.861. The lowest BCUT2D eigenvalue weighted by atomic mass is 10.1. The summed E-state index contributed by atoms with van der Waals surface area (Å²) in [6.45, 7) is 1.76. The molecule has 1 aromatic heterocycles. The lowest BCUT2D eigenvalue weighted by Gasteiger charge is -2.03. The summed E-state index contributed by atoms with van der Waals surface area (Å²) in [5, 5.41) is 0. The summed E-state index contributed by atoms with van der Waals surface area (Å²) >= 11 is 3.24. The van der Waals surface area contributed by atoms with Crippen molar-refractivity contribution in [1.29, 1.82) is 0 Å². The van der Waals surface area contributed by atoms with Gasteiger partial charge in [0.15, 0.2) is 0 Å². The van der Waals surface area contributed by atoms with Gasteiger partial charge in [-0.2, -0.15) is 0 Å². The van der Waals surface area contributed by atoms with Crippen LogP contribution >= 0.6 is 15.9 Å². The average molecular weight is 265 g/mol. The first-order valence-electron chi connectivity index (χ1n) is 4.50. The largest absolute Gasteiger partial charge is 0.310 e. The Labute approximate surface area is 95.3 Å². The van der Waals surface area contributed by atoms with E-state index in [9.17, 15) is 4.79 Å². The highest BCUT2D eigenvalue weighted by molar-refractivity contribution is 9.10. The molecule has 0 atom stereocenters. The van der Waals surface area contributed by atoms with Gasteiger partial charge in [-0.3, -0.25) is 4.79 Å². The Morgan fingerprint density at radius 2 is 1.93 bits per heavy atom. The minimum Gasteiger partial charge on any atom is -0.310 e. The maximum Gasteiger partial charge on any atom is 0.265 e. The smallest absolute Gasteiger partial charge is 0.265 e. The highest BCUT2D eigenvalue weighted by atomic mass is 79.9. The number of aromatic nitrogens is 2. The van der Waals surface area contributed by atoms with Gasteiger partial charge in [-0.05, 0) is 22.9 Å². The van der Waals surface area contributed by atoms with E-state index in [2.05, 4.69) is 25.9 Å². The molecule has 1 heterocycles. The predicted octanol–water partition coefficient (Wildman–Crippen LogP) is 2.51. The van der Waals surface area contributed by atoms with E-state index in [0.717, 1.165) is 5.56 Å². The zero-order valence-electron chi connectivity index (χ0n) is 8.12. The first-order valence-corrected chi connectivity index (χ1v) is 5.29. The number of nitrogens with one attached hydrogen (secondary N) is 1. The fraction of sp³-hybridized carbons (Fsp3) is 0.0909. The van der Waals surface area contributed by atoms with E-state index in [1.807, 2.05) is 30.3 Å². The molecule has 0 saturated heterocycles. The highest BCUT2D eigenvalue weighted by Gasteiger charge is 2.08. The molecule has 4 heteroatoms. The van der Waals surface area contributed by atoms with E-state index in [-0.39, 0.29) is 5.56 Å². The summed E-state index contributed by atoms with van der Waals surface area (Å²) in [6, 6.07) is 9.61. The van der Waals surface area contributed by atoms with Crippen molar-refractivity contribution in [1.82, 2.24) is 9.97 Å². The Hall–Kier alpha value is -1.42. The number of aromatic amines is 1. The van der Waals surface area contributed by atoms with Crippen LogP contribution in [0.1, 0.15) is 5.82 Å². The standard InChI is InChI=1S/C11H9BrN2O/c1-7-13-10(9(12)11(15)14-7)8-5-3-2-4-6-8/h2-6H,1H3,(H,13,14,15). The van der Waals surface area contributed by atoms with Crippen LogP contribution in [0.5, 0.6) is 0 Å². The van der Waals surface area contributed by atoms with Gasteiger partial charge in [0.05, 0.1) is 5.69 Å². The van der Waals surface area contributed by atoms with E-state index >= 15 is 0 Å². The molecule has 2 rings (SSSR count). The monoisotopic (exact) mass is 264 g/mol. The molecule has 0 amide bonds. The van der Waals surface area contributed by atoms with E-state index in [4.69, 9.17) is 0 Å². The molecular formula is C11H9BrN2O. The molecule has 2 aromatic rings. The number of nitrogens with zero attached hydrogens (tertiary/aromatic N) is 1. The molecule has 15 heavy (non-hydrogen) atoms. The highest BCUT2D eigenvalue weighted by Crippen LogP contribution is 2.22. The molecule has 0 aliphatic heterocycles. The molecule has 0 spiro atoms. The number of rotatable bonds is 1. The normalized spacial score (nSPS) is 10.3. The molecule has 1 N–H and O–H groups in total. The van der Waals surface area contributed by atoms with Crippen LogP contribution < -0.4 is 5.56 Å². The van der Waals surface area contributed by atoms with Crippen molar-refractivity contribution in [3.63, 3.8) is 0 Å². The molecule has 76 valence electrons. The Balaban J connectivity index is 2.68. The van der Waals surface area contributed by atoms with Crippen molar-refractivity contribution >= 4 is 15.9 Å². The van der Waals surface area contributed by atoms with Crippen LogP contribution in [0.15, 0.2) is 39.6 Å². The fourth-order valence-electron chi connectivity index (χ4n) is 1.36. The predicted molar refractivity (Wildman–Crippen MR) is 62.7 cm³/mol. The van der Waals surface area contributed by atoms with Crippen LogP contribution in [0.3, 0.4) is 0 Å². The molecular weight excluding hydrogens is 256 g/mol. The van der Waals surface area contributed by atoms with E-state index in [1.165, 1.54) is 0 Å². The molecule has 0 aliphatic carbocycles. The topological polar surface area (TPSA) is 45.8 Å². The van der Waals surface area contributed by atoms with E-state index < -0.39 is 0 Å². The van der Waals surface area contributed by atoms with Crippen LogP contribution in [0.4, 0.5) is 0 Å². The Morgan fingerprint density at radius 1 is 1.27 bits per heavy atom. The van der Waals surface area contributed by atoms with Crippen LogP contribution in [0.25, 0.3) is 11.3 Å². The average Bonchev–Trinajstić information content (AvgIpc) is 2.24. The maximum absolute atomic E-state index is 11.5. The molecule has 0 aliphatic rings. The SMILES string of the molecule is Cc1nc(-c2ccccc2)c(Br)c(=O)[nH]1. The molecule has 0 fully saturated rings. The van der Waals surface area contributed by atoms with E-state index in [0.29, 0.717) is 16.0 Å². The Morgan fingerprint density at radius 3 is 2.60 bits per heavy atom. The zero-order chi connectivity index (χ0) is 10.8. The number of H-pyrrole nitrogens is 1. The van der Waals surface area contributed by atoms with Gasteiger partial charge in [0.25, 0.3) is 5.56 Å². The zero-order valence-corrected chi connectivity index (χ0v) is 9.71. The minimum atomic E-state index is -0.152. The van der Waals surface area contributed by atoms with Crippen molar-refractivity contribution < 1.29 is 0 Å². The van der Waals surface area contributed by atoms with Crippen LogP contribution in [-0.4, -0.2) is 9.97 Å². The van der Waals surface area contributed by atoms with Gasteiger partial charge in [0, 0.05) is 5.56 Å². The Bertz CT molecular complexity index is 534. The minimum absolute atomic E-state index is 0.152. The number of halogens is 1. The molecule has 0 bridgehead atoms. The van der Waals surface area contributed by atoms with Gasteiger partial charge in [-0.1, -0.05) is 30.3 Å². The first kappa shape index (κ1) is 10.1. The number of hydrogen-bond acceptors (Lipinski definition) is 2. The summed E-state index contributed by atoms with van der Waals surface area (Å²) in [5.41, 5.74) is 1.46. The Kier molecular flexibility index (Phi) is 2.68. The van der Waals surface area contributed by atoms with Crippen LogP contribution in [0, 0.1) is 6.92 Å². The molecule has 3 nitrogen and oxygen atoms in total. The molecule has 1 aromatic carbocycles. The van der Waals surface area contributed by atoms with Crippen molar-refractivity contribution in [2.45, 2.75) is 6.92 Å². The third-order valence-corrected chi connectivity index (χ3v) is 2.76. The fourth-order valence-corrected chi connectivity index (χ4v) is 1.78. The number of aryl methyl sites for hydroxylation is 1. The third kappa shape index (κ3) is 1.99. The van der Waals surface area contributed by atoms with E-state index in [1.54, 1.807) is 6.92 Å². The number of hydrogen-bond donors (Lipinski definition) is 1. The second-order valence-corrected chi connectivity index (χ2v) is 3.97. The molecule has 0 saturated carbocycles. The van der Waals surface area contributed by atoms with Gasteiger partial charge in [-0.25, -0.2) is 4.98 Å². The van der Waals surface area contributed by atoms with Gasteiger partial charge in [0.1, 0.15) is 10.3 Å². The van der Waals surface area contributed by atoms with Gasteiger partial charge in [0.2, 0.25) is 0 Å². The maximum atomic E-state index is 11.5. The molecule has 0 unspecified atom stereocenters. The summed E-state index contributed by atoms with van der Waals surface area (Å²) in [5.74, 6) is 0.613. The van der Waals surface area contributed by atoms with Crippen LogP contribution in [0.2, 0.25) is 0 Å². The lowest BCUT2D eigenvalue weighted by molar-refractivity contribution is 1.01. The molecule has 0 radical (unpaired) electrons. The van der Waals surface area contributed by atoms with Crippen molar-refractivity contribution in [3.05, 3.63) is 51.0 Å². The van der Waals surface area contributed by atoms with Crippen molar-refractivity contribution in [2.24, 2.45) is 0 Å². The third-order valence-electron chi connectivity index (χ3n) is 2.03. The summed E-state index contributed by atoms with van der Waals surface area (Å²) in [4.78, 5) is 18.4. The van der Waals surface area contributed by atoms with Crippen LogP contribution in [-0.2, 0) is 0 Å². The van der Waals surface area contributed by atoms with Crippen molar-refractivity contribution in [3.8, 4) is 11.3 Å². The number of benzene rings is 1. The van der Waals surface area contributed by atoms with Gasteiger partial charge in [-0.15, -0.1) is 0 Å². The van der Waals surface area contributed by atoms with Crippen molar-refractivity contribution in [2.75, 3.05) is 0 Å². The van der Waals surface area contributed by atoms with Gasteiger partial charge >= 0.3 is 0 Å². The second kappa shape index (κ2) is 3.98. The first-order chi connectivity index (χ1) is 7.18. The lowest BCUT2D eigenvalue weighted by Crippen LogP contribution is -2.11. The summed E-state index contributed by atoms with van der Waals surface area (Å²) in [6.07, 6.45) is 0. The van der Waals surface area contributed by atoms with Gasteiger partial charge < -0.3 is 4.98 Å². The second-order valence-electron chi connectivity index (χ2n) is 3.18. The summed E-state index contributed by atoms with van der Waals surface area (Å²) < 4.78 is 0.472. The summed E-state index contributed by atoms with van der Waals surface area (Å²) in [7, 11) is 0.